The topological polar surface area (TPSA) is 169 Å². The molecule has 2 amide bonds. The van der Waals surface area contributed by atoms with Crippen molar-refractivity contribution in [2.75, 3.05) is 31.5 Å². The number of aromatic nitrogens is 4. The van der Waals surface area contributed by atoms with Gasteiger partial charge >= 0.3 is 51.4 Å². The first-order chi connectivity index (χ1) is 19.7. The van der Waals surface area contributed by atoms with Crippen LogP contribution in [0.15, 0.2) is 24.5 Å². The fraction of sp³-hybridized carbons (Fsp3) is 0.429. The van der Waals surface area contributed by atoms with E-state index >= 15 is 0 Å². The number of nitrogens with one attached hydrogen (secondary N) is 1. The molecule has 3 aromatic heterocycles. The van der Waals surface area contributed by atoms with Crippen LogP contribution in [0.1, 0.15) is 38.7 Å². The number of hydrogen-bond acceptors (Lipinski definition) is 11. The van der Waals surface area contributed by atoms with Crippen LogP contribution in [0.25, 0.3) is 21.1 Å². The Morgan fingerprint density at radius 1 is 1.26 bits per heavy atom. The number of carbonyl (C=O) groups is 2. The Kier molecular flexibility index (Phi) is 11.0. The summed E-state index contributed by atoms with van der Waals surface area (Å²) in [4.78, 5) is 46.3. The van der Waals surface area contributed by atoms with E-state index < -0.39 is 0 Å². The molecule has 4 N–H and O–H groups in total. The number of nitrogens with two attached hydrogens (primary N) is 1. The molecule has 2 fully saturated rings. The molecule has 2 aliphatic heterocycles. The summed E-state index contributed by atoms with van der Waals surface area (Å²) in [6.07, 6.45) is 5.21. The molecule has 6 rings (SSSR count). The van der Waals surface area contributed by atoms with Crippen molar-refractivity contribution in [2.45, 2.75) is 45.7 Å². The number of anilines is 1. The molecule has 43 heavy (non-hydrogen) atoms. The minimum atomic E-state index is -0.124. The zero-order valence-corrected chi connectivity index (χ0v) is 29.0. The van der Waals surface area contributed by atoms with Crippen molar-refractivity contribution in [3.63, 3.8) is 0 Å². The maximum absolute atomic E-state index is 13.0. The average Bonchev–Trinajstić information content (AvgIpc) is 3.49. The van der Waals surface area contributed by atoms with Crippen LogP contribution in [0.2, 0.25) is 5.28 Å². The van der Waals surface area contributed by atoms with Crippen molar-refractivity contribution in [1.29, 1.82) is 0 Å². The molecule has 5 heterocycles. The number of rotatable bonds is 7. The number of halogens is 1. The van der Waals surface area contributed by atoms with E-state index in [4.69, 9.17) is 22.1 Å². The summed E-state index contributed by atoms with van der Waals surface area (Å²) in [6, 6.07) is 3.87. The van der Waals surface area contributed by atoms with Crippen molar-refractivity contribution in [3.05, 3.63) is 40.8 Å². The number of thiophene rings is 1. The van der Waals surface area contributed by atoms with Crippen molar-refractivity contribution in [1.82, 2.24) is 29.7 Å². The largest absolute Gasteiger partial charge is 1.00 e. The van der Waals surface area contributed by atoms with E-state index in [0.29, 0.717) is 43.7 Å². The monoisotopic (exact) mass is 649 g/mol. The van der Waals surface area contributed by atoms with Gasteiger partial charge < -0.3 is 31.1 Å². The number of ether oxygens (including phenoxy) is 1. The number of amides is 2. The summed E-state index contributed by atoms with van der Waals surface area (Å²) in [5.74, 6) is 0.619. The second-order valence-corrected chi connectivity index (χ2v) is 12.1. The number of carbonyl (C=O) groups excluding carboxylic acids is 2. The molecule has 2 saturated heterocycles. The zero-order valence-electron chi connectivity index (χ0n) is 24.3. The van der Waals surface area contributed by atoms with Gasteiger partial charge in [-0.3, -0.25) is 25.9 Å². The molecule has 0 radical (unpaired) electrons. The molecule has 1 atom stereocenters. The van der Waals surface area contributed by atoms with Gasteiger partial charge in [-0.15, -0.1) is 16.2 Å². The first-order valence-electron chi connectivity index (χ1n) is 13.5. The van der Waals surface area contributed by atoms with Crippen molar-refractivity contribution in [2.24, 2.45) is 11.1 Å². The Morgan fingerprint density at radius 2 is 2.02 bits per heavy atom. The Balaban J connectivity index is 0.00000212. The normalized spacial score (nSPS) is 16.7. The van der Waals surface area contributed by atoms with Crippen LogP contribution in [0.4, 0.5) is 5.69 Å². The smallest absolute Gasteiger partial charge is 0.870 e. The van der Waals surface area contributed by atoms with Crippen LogP contribution < -0.4 is 67.2 Å². The van der Waals surface area contributed by atoms with Crippen molar-refractivity contribution >= 4 is 61.6 Å². The number of piperidine rings is 1. The van der Waals surface area contributed by atoms with Crippen LogP contribution in [0, 0.1) is 10.8 Å². The second kappa shape index (κ2) is 14.0. The van der Waals surface area contributed by atoms with E-state index in [2.05, 4.69) is 30.6 Å². The van der Waals surface area contributed by atoms with Gasteiger partial charge in [0.2, 0.25) is 28.9 Å². The molecule has 0 saturated carbocycles. The van der Waals surface area contributed by atoms with E-state index in [-0.39, 0.29) is 104 Å². The third-order valence-electron chi connectivity index (χ3n) is 7.80. The van der Waals surface area contributed by atoms with Crippen molar-refractivity contribution in [3.8, 4) is 11.8 Å². The Hall–Kier alpha value is -2.01. The van der Waals surface area contributed by atoms with Gasteiger partial charge in [-0.05, 0) is 37.4 Å². The molecule has 4 aromatic rings. The van der Waals surface area contributed by atoms with Crippen LogP contribution in [-0.4, -0.2) is 79.2 Å². The molecule has 222 valence electrons. The van der Waals surface area contributed by atoms with Crippen LogP contribution in [0.5, 0.6) is 11.8 Å². The fourth-order valence-electron chi connectivity index (χ4n) is 5.60. The maximum atomic E-state index is 13.0. The van der Waals surface area contributed by atoms with E-state index in [0.717, 1.165) is 34.1 Å². The van der Waals surface area contributed by atoms with E-state index in [1.54, 1.807) is 19.3 Å². The molecule has 1 spiro atoms. The van der Waals surface area contributed by atoms with E-state index in [9.17, 15) is 9.59 Å². The standard InChI is InChI=1S/C28H30ClN8O3S.K.H2O/c1-16(30)10-31-20-14-41-21-4-3-19-25(24(20)21)32-12-22(34-19)40-26-18(11-33-27(29)35-26)13-37-15-28(9-23(37)39)5-7-36(8-6-28)17(2)38;;/h3-4,11-12,16,31H,5-10,13,15,30H2,1-2H3;;1H2/q-1;+1;/p-1. The quantitative estimate of drug-likeness (QED) is 0.166. The summed E-state index contributed by atoms with van der Waals surface area (Å²) in [6.45, 7) is 6.39. The van der Waals surface area contributed by atoms with Gasteiger partial charge in [-0.25, -0.2) is 9.97 Å². The summed E-state index contributed by atoms with van der Waals surface area (Å²) >= 11 is 7.64. The third-order valence-corrected chi connectivity index (χ3v) is 8.85. The van der Waals surface area contributed by atoms with Crippen LogP contribution >= 0.6 is 22.9 Å². The molecule has 1 aromatic carbocycles. The fourth-order valence-corrected chi connectivity index (χ4v) is 6.55. The van der Waals surface area contributed by atoms with E-state index in [1.165, 1.54) is 11.3 Å². The van der Waals surface area contributed by atoms with Gasteiger partial charge in [0.1, 0.15) is 0 Å². The van der Waals surface area contributed by atoms with Gasteiger partial charge in [0, 0.05) is 62.7 Å². The molecule has 12 nitrogen and oxygen atoms in total. The Bertz CT molecular complexity index is 1650. The number of nitrogens with zero attached hydrogens (tertiary/aromatic N) is 6. The number of benzene rings is 1. The van der Waals surface area contributed by atoms with Gasteiger partial charge in [0.15, 0.2) is 0 Å². The minimum absolute atomic E-state index is 0. The minimum Gasteiger partial charge on any atom is -0.870 e. The predicted octanol–water partition coefficient (Wildman–Crippen LogP) is 0.828. The second-order valence-electron chi connectivity index (χ2n) is 11.0. The average molecular weight is 650 g/mol. The Labute approximate surface area is 300 Å². The van der Waals surface area contributed by atoms with Crippen LogP contribution in [-0.2, 0) is 16.1 Å². The molecule has 0 aliphatic carbocycles. The van der Waals surface area contributed by atoms with Gasteiger partial charge in [0.25, 0.3) is 0 Å². The third kappa shape index (κ3) is 7.29. The number of fused-ring (bicyclic) bond motifs is 3. The zero-order chi connectivity index (χ0) is 28.7. The summed E-state index contributed by atoms with van der Waals surface area (Å²) < 4.78 is 7.13. The number of hydrogen-bond donors (Lipinski definition) is 2. The van der Waals surface area contributed by atoms with Gasteiger partial charge in [0.05, 0.1) is 23.8 Å². The molecule has 15 heteroatoms. The molecular weight excluding hydrogens is 619 g/mol. The number of likely N-dealkylation sites (tertiary alicyclic amines) is 2. The molecular formula is C28H31ClKN8O4S-. The molecule has 1 unspecified atom stereocenters. The predicted molar refractivity (Wildman–Crippen MR) is 159 cm³/mol. The molecule has 0 bridgehead atoms. The van der Waals surface area contributed by atoms with E-state index in [1.807, 2.05) is 28.9 Å². The summed E-state index contributed by atoms with van der Waals surface area (Å²) in [7, 11) is 0. The van der Waals surface area contributed by atoms with Crippen LogP contribution in [0.3, 0.4) is 0 Å². The summed E-state index contributed by atoms with van der Waals surface area (Å²) in [5, 5.41) is 7.60. The Morgan fingerprint density at radius 3 is 2.74 bits per heavy atom. The summed E-state index contributed by atoms with van der Waals surface area (Å²) in [5.41, 5.74) is 8.64. The maximum Gasteiger partial charge on any atom is 1.00 e. The molecule has 2 aliphatic rings. The first-order valence-corrected chi connectivity index (χ1v) is 14.7. The SMILES string of the molecule is CC(=O)N1CCC2(CC1)CC(=O)N(Cc1cnc(Cl)nc1Oc1cnc3c(ccc4s[c-]c(NCC(C)N)c43)n1)C2.[K+].[OH-]. The first kappa shape index (κ1) is 33.9. The van der Waals surface area contributed by atoms with Gasteiger partial charge in [-0.1, -0.05) is 11.1 Å². The van der Waals surface area contributed by atoms with Crippen molar-refractivity contribution < 1.29 is 71.2 Å². The van der Waals surface area contributed by atoms with Gasteiger partial charge in [-0.2, -0.15) is 4.98 Å².